The van der Waals surface area contributed by atoms with E-state index in [4.69, 9.17) is 9.47 Å². The predicted molar refractivity (Wildman–Crippen MR) is 99.9 cm³/mol. The maximum atomic E-state index is 12.7. The average Bonchev–Trinajstić information content (AvgIpc) is 2.67. The molecule has 0 saturated carbocycles. The van der Waals surface area contributed by atoms with E-state index in [1.165, 1.54) is 6.20 Å². The zero-order chi connectivity index (χ0) is 18.5. The monoisotopic (exact) mass is 352 g/mol. The molecule has 0 saturated heterocycles. The molecule has 0 aliphatic heterocycles. The Morgan fingerprint density at radius 3 is 2.54 bits per heavy atom. The first-order valence-corrected chi connectivity index (χ1v) is 8.31. The van der Waals surface area contributed by atoms with Crippen LogP contribution in [0.1, 0.15) is 22.8 Å². The molecule has 1 heterocycles. The normalized spacial score (nSPS) is 10.5. The van der Waals surface area contributed by atoms with Gasteiger partial charge in [0.25, 0.3) is 5.91 Å². The molecule has 0 atom stereocenters. The van der Waals surface area contributed by atoms with E-state index in [0.29, 0.717) is 29.8 Å². The first-order valence-electron chi connectivity index (χ1n) is 8.31. The second-order valence-electron chi connectivity index (χ2n) is 5.70. The van der Waals surface area contributed by atoms with E-state index in [1.807, 2.05) is 31.2 Å². The summed E-state index contributed by atoms with van der Waals surface area (Å²) in [5.74, 6) is 0.920. The second kappa shape index (κ2) is 7.74. The smallest absolute Gasteiger partial charge is 0.257 e. The minimum Gasteiger partial charge on any atom is -0.497 e. The molecule has 2 aromatic carbocycles. The maximum absolute atomic E-state index is 12.7. The molecule has 6 heteroatoms. The molecule has 0 aliphatic carbocycles. The summed E-state index contributed by atoms with van der Waals surface area (Å²) in [5.41, 5.74) is 1.31. The molecule has 26 heavy (non-hydrogen) atoms. The van der Waals surface area contributed by atoms with Crippen LogP contribution in [0.4, 0.5) is 0 Å². The van der Waals surface area contributed by atoms with Crippen molar-refractivity contribution in [2.75, 3.05) is 13.7 Å². The molecule has 0 aliphatic rings. The SMILES string of the molecule is CCOc1ccc2[nH]cc(C(=O)NCc3ccc(OC)cc3)c(=O)c2c1. The Labute approximate surface area is 150 Å². The van der Waals surface area contributed by atoms with Crippen LogP contribution in [0.2, 0.25) is 0 Å². The number of rotatable bonds is 6. The van der Waals surface area contributed by atoms with Crippen LogP contribution >= 0.6 is 0 Å². The topological polar surface area (TPSA) is 80.4 Å². The second-order valence-corrected chi connectivity index (χ2v) is 5.70. The number of carbonyl (C=O) groups excluding carboxylic acids is 1. The number of amides is 1. The number of aromatic amines is 1. The van der Waals surface area contributed by atoms with Gasteiger partial charge in [-0.15, -0.1) is 0 Å². The molecule has 3 aromatic rings. The van der Waals surface area contributed by atoms with Crippen molar-refractivity contribution in [2.24, 2.45) is 0 Å². The Balaban J connectivity index is 1.80. The molecule has 134 valence electrons. The molecule has 0 spiro atoms. The Hall–Kier alpha value is -3.28. The van der Waals surface area contributed by atoms with E-state index in [0.717, 1.165) is 11.3 Å². The van der Waals surface area contributed by atoms with Crippen molar-refractivity contribution in [3.8, 4) is 11.5 Å². The summed E-state index contributed by atoms with van der Waals surface area (Å²) in [5, 5.41) is 3.19. The van der Waals surface area contributed by atoms with Gasteiger partial charge >= 0.3 is 0 Å². The summed E-state index contributed by atoms with van der Waals surface area (Å²) in [6.07, 6.45) is 1.44. The lowest BCUT2D eigenvalue weighted by atomic mass is 10.1. The molecule has 0 radical (unpaired) electrons. The lowest BCUT2D eigenvalue weighted by Crippen LogP contribution is -2.28. The van der Waals surface area contributed by atoms with Crippen molar-refractivity contribution in [3.05, 3.63) is 70.0 Å². The molecule has 3 rings (SSSR count). The van der Waals surface area contributed by atoms with Gasteiger partial charge in [0.1, 0.15) is 17.1 Å². The standard InChI is InChI=1S/C20H20N2O4/c1-3-26-15-8-9-18-16(10-15)19(23)17(12-21-18)20(24)22-11-13-4-6-14(25-2)7-5-13/h4-10,12H,3,11H2,1-2H3,(H,21,23)(H,22,24). The largest absolute Gasteiger partial charge is 0.497 e. The predicted octanol–water partition coefficient (Wildman–Crippen LogP) is 2.87. The Kier molecular flexibility index (Phi) is 5.22. The highest BCUT2D eigenvalue weighted by atomic mass is 16.5. The zero-order valence-corrected chi connectivity index (χ0v) is 14.7. The fourth-order valence-corrected chi connectivity index (χ4v) is 2.64. The molecule has 0 fully saturated rings. The van der Waals surface area contributed by atoms with E-state index in [-0.39, 0.29) is 11.0 Å². The van der Waals surface area contributed by atoms with E-state index in [1.54, 1.807) is 25.3 Å². The van der Waals surface area contributed by atoms with Crippen molar-refractivity contribution in [1.29, 1.82) is 0 Å². The van der Waals surface area contributed by atoms with E-state index < -0.39 is 5.91 Å². The van der Waals surface area contributed by atoms with Crippen LogP contribution in [0.25, 0.3) is 10.9 Å². The number of fused-ring (bicyclic) bond motifs is 1. The Morgan fingerprint density at radius 2 is 1.85 bits per heavy atom. The van der Waals surface area contributed by atoms with E-state index in [9.17, 15) is 9.59 Å². The molecule has 0 unspecified atom stereocenters. The molecular weight excluding hydrogens is 332 g/mol. The Morgan fingerprint density at radius 1 is 1.12 bits per heavy atom. The van der Waals surface area contributed by atoms with Crippen molar-refractivity contribution in [1.82, 2.24) is 10.3 Å². The minimum atomic E-state index is -0.425. The molecule has 0 bridgehead atoms. The number of hydrogen-bond donors (Lipinski definition) is 2. The number of aromatic nitrogens is 1. The van der Waals surface area contributed by atoms with Gasteiger partial charge in [0.15, 0.2) is 0 Å². The maximum Gasteiger partial charge on any atom is 0.257 e. The van der Waals surface area contributed by atoms with Gasteiger partial charge in [-0.2, -0.15) is 0 Å². The van der Waals surface area contributed by atoms with Gasteiger partial charge in [-0.25, -0.2) is 0 Å². The minimum absolute atomic E-state index is 0.0691. The fraction of sp³-hybridized carbons (Fsp3) is 0.200. The summed E-state index contributed by atoms with van der Waals surface area (Å²) >= 11 is 0. The van der Waals surface area contributed by atoms with Gasteiger partial charge in [-0.05, 0) is 42.8 Å². The van der Waals surface area contributed by atoms with Crippen molar-refractivity contribution >= 4 is 16.8 Å². The summed E-state index contributed by atoms with van der Waals surface area (Å²) in [6, 6.07) is 12.6. The first kappa shape index (κ1) is 17.5. The van der Waals surface area contributed by atoms with Crippen LogP contribution in [0.3, 0.4) is 0 Å². The number of H-pyrrole nitrogens is 1. The molecule has 6 nitrogen and oxygen atoms in total. The van der Waals surface area contributed by atoms with Gasteiger partial charge in [-0.3, -0.25) is 9.59 Å². The number of benzene rings is 2. The number of pyridine rings is 1. The van der Waals surface area contributed by atoms with E-state index in [2.05, 4.69) is 10.3 Å². The first-order chi connectivity index (χ1) is 12.6. The highest BCUT2D eigenvalue weighted by Gasteiger charge is 2.13. The number of hydrogen-bond acceptors (Lipinski definition) is 4. The number of ether oxygens (including phenoxy) is 2. The third-order valence-electron chi connectivity index (χ3n) is 4.02. The van der Waals surface area contributed by atoms with Crippen LogP contribution in [0, 0.1) is 0 Å². The lowest BCUT2D eigenvalue weighted by molar-refractivity contribution is 0.0949. The van der Waals surface area contributed by atoms with Gasteiger partial charge in [0, 0.05) is 23.6 Å². The number of carbonyl (C=O) groups is 1. The lowest BCUT2D eigenvalue weighted by Gasteiger charge is -2.08. The molecule has 1 aromatic heterocycles. The highest BCUT2D eigenvalue weighted by Crippen LogP contribution is 2.17. The summed E-state index contributed by atoms with van der Waals surface area (Å²) < 4.78 is 10.5. The highest BCUT2D eigenvalue weighted by molar-refractivity contribution is 5.97. The summed E-state index contributed by atoms with van der Waals surface area (Å²) in [4.78, 5) is 28.1. The van der Waals surface area contributed by atoms with Crippen molar-refractivity contribution < 1.29 is 14.3 Å². The van der Waals surface area contributed by atoms with Gasteiger partial charge in [-0.1, -0.05) is 12.1 Å². The number of nitrogens with one attached hydrogen (secondary N) is 2. The average molecular weight is 352 g/mol. The fourth-order valence-electron chi connectivity index (χ4n) is 2.64. The van der Waals surface area contributed by atoms with E-state index >= 15 is 0 Å². The zero-order valence-electron chi connectivity index (χ0n) is 14.7. The molecular formula is C20H20N2O4. The van der Waals surface area contributed by atoms with Gasteiger partial charge in [0.05, 0.1) is 13.7 Å². The summed E-state index contributed by atoms with van der Waals surface area (Å²) in [6.45, 7) is 2.70. The number of methoxy groups -OCH3 is 1. The van der Waals surface area contributed by atoms with Gasteiger partial charge in [0.2, 0.25) is 5.43 Å². The van der Waals surface area contributed by atoms with Crippen LogP contribution in [-0.2, 0) is 6.54 Å². The van der Waals surface area contributed by atoms with Crippen molar-refractivity contribution in [3.63, 3.8) is 0 Å². The quantitative estimate of drug-likeness (QED) is 0.715. The van der Waals surface area contributed by atoms with Crippen LogP contribution in [0.5, 0.6) is 11.5 Å². The molecule has 2 N–H and O–H groups in total. The van der Waals surface area contributed by atoms with Crippen LogP contribution < -0.4 is 20.2 Å². The van der Waals surface area contributed by atoms with Crippen LogP contribution in [0.15, 0.2) is 53.5 Å². The Bertz CT molecular complexity index is 977. The third kappa shape index (κ3) is 3.69. The van der Waals surface area contributed by atoms with Crippen molar-refractivity contribution in [2.45, 2.75) is 13.5 Å². The molecule has 1 amide bonds. The third-order valence-corrected chi connectivity index (χ3v) is 4.02. The van der Waals surface area contributed by atoms with Crippen LogP contribution in [-0.4, -0.2) is 24.6 Å². The summed E-state index contributed by atoms with van der Waals surface area (Å²) in [7, 11) is 1.60. The van der Waals surface area contributed by atoms with Gasteiger partial charge < -0.3 is 19.8 Å².